The Bertz CT molecular complexity index is 2760. The summed E-state index contributed by atoms with van der Waals surface area (Å²) in [5.41, 5.74) is 3.73. The lowest BCUT2D eigenvalue weighted by Crippen LogP contribution is -2.25. The number of aliphatic hydroxyl groups is 1. The Hall–Kier alpha value is -7.90. The van der Waals surface area contributed by atoms with E-state index in [1.54, 1.807) is 58.7 Å². The van der Waals surface area contributed by atoms with Crippen LogP contribution in [0.3, 0.4) is 0 Å². The van der Waals surface area contributed by atoms with Crippen molar-refractivity contribution in [3.05, 3.63) is 141 Å². The number of nitrogens with zero attached hydrogens (tertiary/aromatic N) is 8. The molecule has 328 valence electrons. The van der Waals surface area contributed by atoms with Crippen molar-refractivity contribution in [1.82, 2.24) is 40.2 Å². The van der Waals surface area contributed by atoms with Crippen LogP contribution in [0, 0.1) is 48.1 Å². The summed E-state index contributed by atoms with van der Waals surface area (Å²) in [5, 5.41) is 55.8. The second-order valence-corrected chi connectivity index (χ2v) is 13.8. The topological polar surface area (TPSA) is 241 Å². The number of halogens is 2. The van der Waals surface area contributed by atoms with Crippen LogP contribution in [0.4, 0.5) is 20.4 Å². The number of rotatable bonds is 12. The summed E-state index contributed by atoms with van der Waals surface area (Å²) < 4.78 is 57.3. The molecule has 2 amide bonds. The molecule has 6 rings (SSSR count). The molecule has 2 atom stereocenters. The Labute approximate surface area is 367 Å². The number of aromatic nitrogens is 6. The number of carbonyl (C=O) groups is 2. The molecule has 63 heavy (non-hydrogen) atoms. The molecule has 17 nitrogen and oxygen atoms in total. The van der Waals surface area contributed by atoms with Crippen molar-refractivity contribution < 1.29 is 37.4 Å². The zero-order chi connectivity index (χ0) is 48.9. The number of anilines is 2. The molecule has 0 aliphatic heterocycles. The maximum absolute atomic E-state index is 14.0. The number of nitriles is 2. The van der Waals surface area contributed by atoms with Crippen LogP contribution < -0.4 is 26.0 Å². The molecule has 0 saturated heterocycles. The van der Waals surface area contributed by atoms with Crippen LogP contribution in [0.15, 0.2) is 73.1 Å². The maximum atomic E-state index is 14.0. The summed E-state index contributed by atoms with van der Waals surface area (Å²) in [6, 6.07) is 17.4. The molecule has 4 heterocycles. The third-order valence-electron chi connectivity index (χ3n) is 8.96. The molecule has 0 spiro atoms. The number of carbonyl (C=O) groups excluding carboxylic acids is 2. The van der Waals surface area contributed by atoms with Gasteiger partial charge in [0.25, 0.3) is 11.8 Å². The highest BCUT2D eigenvalue weighted by atomic mass is 19.1. The van der Waals surface area contributed by atoms with Crippen LogP contribution in [0.5, 0.6) is 11.5 Å². The summed E-state index contributed by atoms with van der Waals surface area (Å²) in [6.07, 6.45) is 1.74. The van der Waals surface area contributed by atoms with Gasteiger partial charge in [-0.15, -0.1) is 0 Å². The number of amides is 2. The van der Waals surface area contributed by atoms with E-state index in [1.807, 2.05) is 26.0 Å². The zero-order valence-electron chi connectivity index (χ0n) is 38.4. The second kappa shape index (κ2) is 22.1. The highest BCUT2D eigenvalue weighted by Gasteiger charge is 2.21. The van der Waals surface area contributed by atoms with E-state index in [2.05, 4.69) is 41.4 Å². The number of hydrogen-bond acceptors (Lipinski definition) is 13. The monoisotopic (exact) mass is 865 g/mol. The molecule has 6 aromatic rings. The Balaban J connectivity index is 0.000000242. The fraction of sp³-hybridized carbons (Fsp3) is 0.273. The van der Waals surface area contributed by atoms with Crippen LogP contribution in [-0.2, 0) is 27.1 Å². The molecule has 19 heteroatoms. The van der Waals surface area contributed by atoms with Crippen molar-refractivity contribution in [3.8, 4) is 23.6 Å². The van der Waals surface area contributed by atoms with Crippen molar-refractivity contribution in [1.29, 1.82) is 10.5 Å². The van der Waals surface area contributed by atoms with Crippen molar-refractivity contribution in [3.63, 3.8) is 0 Å². The Morgan fingerprint density at radius 1 is 0.794 bits per heavy atom. The number of aromatic hydroxyl groups is 1. The number of ether oxygens (including phenoxy) is 1. The average molecular weight is 866 g/mol. The van der Waals surface area contributed by atoms with Gasteiger partial charge in [-0.05, 0) is 105 Å². The predicted octanol–water partition coefficient (Wildman–Crippen LogP) is 5.80. The number of benzene rings is 2. The number of hydrogen-bond donors (Lipinski definition) is 6. The van der Waals surface area contributed by atoms with Crippen molar-refractivity contribution in [2.45, 2.75) is 53.0 Å². The van der Waals surface area contributed by atoms with Gasteiger partial charge in [0.15, 0.2) is 23.1 Å². The van der Waals surface area contributed by atoms with Gasteiger partial charge in [0, 0.05) is 61.3 Å². The summed E-state index contributed by atoms with van der Waals surface area (Å²) in [6.45, 7) is 4.31. The molecule has 0 aliphatic rings. The second-order valence-electron chi connectivity index (χ2n) is 13.8. The lowest BCUT2D eigenvalue weighted by Gasteiger charge is -2.20. The van der Waals surface area contributed by atoms with Gasteiger partial charge in [0.05, 0.1) is 30.6 Å². The standard InChI is InChI=1S/C22H23FN6O2.C15H15FN4O2.C7H10N2O/c1-13-7-20(21(25-3)26-11-13)31-14(2)19-8-15(23)5-6-18(19)22(30)27-12-16-9-17(10-24)29(4)28-16;1-9(21)14-5-10(16)3-4-13(14)15(22)18-8-11-6-12(7-17)20(2)19-11;1-5-3-6(10)7(8-2)9-4-5/h5-9,11,14H,12H2,1-4H3,(H,25,26)(H,27,30);3-6,9,21H,8H2,1-2H3,(H,18,22);3-4,10H,1-2H3,(H,8,9)/t14-;9-;/m10./s1/i;2D3;. The maximum Gasteiger partial charge on any atom is 0.252 e. The molecule has 0 unspecified atom stereocenters. The first-order valence-corrected chi connectivity index (χ1v) is 19.1. The van der Waals surface area contributed by atoms with E-state index in [4.69, 9.17) is 24.5 Å². The van der Waals surface area contributed by atoms with Crippen molar-refractivity contribution >= 4 is 23.5 Å². The largest absolute Gasteiger partial charge is 0.504 e. The smallest absolute Gasteiger partial charge is 0.252 e. The van der Waals surface area contributed by atoms with Crippen LogP contribution in [-0.4, -0.2) is 65.7 Å². The first kappa shape index (κ1) is 43.2. The number of pyridine rings is 2. The van der Waals surface area contributed by atoms with Gasteiger partial charge < -0.3 is 36.2 Å². The molecule has 0 fully saturated rings. The predicted molar refractivity (Wildman–Crippen MR) is 229 cm³/mol. The fourth-order valence-corrected chi connectivity index (χ4v) is 5.83. The van der Waals surface area contributed by atoms with Crippen LogP contribution in [0.1, 0.15) is 95.9 Å². The molecule has 0 saturated carbocycles. The molecule has 4 aromatic heterocycles. The normalized spacial score (nSPS) is 12.2. The van der Waals surface area contributed by atoms with E-state index in [9.17, 15) is 23.5 Å². The lowest BCUT2D eigenvalue weighted by atomic mass is 10.0. The van der Waals surface area contributed by atoms with Gasteiger partial charge in [0.2, 0.25) is 0 Å². The van der Waals surface area contributed by atoms with Gasteiger partial charge in [-0.25, -0.2) is 18.7 Å². The van der Waals surface area contributed by atoms with Gasteiger partial charge in [-0.2, -0.15) is 20.7 Å². The molecular weight excluding hydrogens is 815 g/mol. The highest BCUT2D eigenvalue weighted by Crippen LogP contribution is 2.30. The summed E-state index contributed by atoms with van der Waals surface area (Å²) >= 11 is 0. The minimum absolute atomic E-state index is 0.0900. The van der Waals surface area contributed by atoms with E-state index in [0.29, 0.717) is 39.0 Å². The van der Waals surface area contributed by atoms with E-state index < -0.39 is 42.6 Å². The minimum Gasteiger partial charge on any atom is -0.504 e. The van der Waals surface area contributed by atoms with E-state index in [0.717, 1.165) is 23.3 Å². The number of aryl methyl sites for hydroxylation is 4. The van der Waals surface area contributed by atoms with E-state index in [1.165, 1.54) is 41.9 Å². The SMILES string of the molecule is CNc1ncc(C)cc1O.CNc1ncc(C)cc1O[C@H](C)c1cc(F)ccc1C(=O)NCc1cc(C#N)n(C)n1.[2H]C([2H])([2H])n1nc(CNC(=O)c2ccc(F)cc2[C@H](C)O)cc1C#N. The lowest BCUT2D eigenvalue weighted by molar-refractivity contribution is 0.0937. The van der Waals surface area contributed by atoms with Gasteiger partial charge >= 0.3 is 0 Å². The van der Waals surface area contributed by atoms with Crippen LogP contribution in [0.2, 0.25) is 0 Å². The highest BCUT2D eigenvalue weighted by molar-refractivity contribution is 5.96. The molecule has 0 bridgehead atoms. The summed E-state index contributed by atoms with van der Waals surface area (Å²) in [7, 11) is 5.10. The Morgan fingerprint density at radius 3 is 1.76 bits per heavy atom. The molecule has 6 N–H and O–H groups in total. The molecule has 2 aromatic carbocycles. The number of aliphatic hydroxyl groups excluding tert-OH is 1. The number of nitrogens with one attached hydrogen (secondary N) is 4. The fourth-order valence-electron chi connectivity index (χ4n) is 5.83. The van der Waals surface area contributed by atoms with Crippen LogP contribution >= 0.6 is 0 Å². The molecular formula is C44H48F2N12O5. The minimum atomic E-state index is -2.61. The molecule has 0 aliphatic carbocycles. The van der Waals surface area contributed by atoms with Gasteiger partial charge in [-0.1, -0.05) is 0 Å². The quantitative estimate of drug-likeness (QED) is 0.0854. The Kier molecular flexibility index (Phi) is 15.1. The molecule has 0 radical (unpaired) electrons. The third kappa shape index (κ3) is 13.0. The van der Waals surface area contributed by atoms with E-state index >= 15 is 0 Å². The summed E-state index contributed by atoms with van der Waals surface area (Å²) in [4.78, 5) is 33.3. The first-order chi connectivity index (χ1) is 31.2. The van der Waals surface area contributed by atoms with E-state index in [-0.39, 0.29) is 46.9 Å². The van der Waals surface area contributed by atoms with Gasteiger partial charge in [-0.3, -0.25) is 19.0 Å². The third-order valence-corrected chi connectivity index (χ3v) is 8.96. The van der Waals surface area contributed by atoms with Crippen molar-refractivity contribution in [2.75, 3.05) is 24.7 Å². The first-order valence-electron chi connectivity index (χ1n) is 20.6. The van der Waals surface area contributed by atoms with Gasteiger partial charge in [0.1, 0.15) is 41.3 Å². The average Bonchev–Trinajstić information content (AvgIpc) is 3.88. The van der Waals surface area contributed by atoms with Crippen LogP contribution in [0.25, 0.3) is 0 Å². The zero-order valence-corrected chi connectivity index (χ0v) is 35.4. The van der Waals surface area contributed by atoms with Crippen molar-refractivity contribution in [2.24, 2.45) is 14.0 Å². The Morgan fingerprint density at radius 2 is 1.29 bits per heavy atom. The summed E-state index contributed by atoms with van der Waals surface area (Å²) in [5.74, 6) is -0.271.